The molecule has 0 aromatic rings. The molecule has 0 aromatic carbocycles. The number of nitrogens with two attached hydrogens (primary N) is 2. The lowest BCUT2D eigenvalue weighted by Gasteiger charge is -2.05. The van der Waals surface area contributed by atoms with E-state index in [0.29, 0.717) is 0 Å². The van der Waals surface area contributed by atoms with Crippen LogP contribution in [0.15, 0.2) is 0 Å². The Kier molecular flexibility index (Phi) is 1.96. The first-order valence-corrected chi connectivity index (χ1v) is 1.76. The Morgan fingerprint density at radius 1 is 1.50 bits per heavy atom. The van der Waals surface area contributed by atoms with Crippen LogP contribution in [-0.2, 0) is 4.79 Å². The Balaban J connectivity index is 3.83. The van der Waals surface area contributed by atoms with Gasteiger partial charge in [0.2, 0.25) is 5.91 Å². The topological polar surface area (TPSA) is 89.4 Å². The number of carbonyl (C=O) groups is 2. The zero-order chi connectivity index (χ0) is 6.73. The summed E-state index contributed by atoms with van der Waals surface area (Å²) in [6.45, 7) is 2.82. The second kappa shape index (κ2) is 2.27. The first-order chi connectivity index (χ1) is 3.55. The second-order valence-electron chi connectivity index (χ2n) is 1.10. The number of hydrazine groups is 1. The number of nitrogens with zero attached hydrogens (tertiary/aromatic N) is 1. The van der Waals surface area contributed by atoms with E-state index in [0.717, 1.165) is 0 Å². The molecule has 0 unspecified atom stereocenters. The maximum Gasteiger partial charge on any atom is 0.336 e. The summed E-state index contributed by atoms with van der Waals surface area (Å²) in [7, 11) is 0. The molecule has 8 heavy (non-hydrogen) atoms. The monoisotopic (exact) mass is 116 g/mol. The van der Waals surface area contributed by atoms with Crippen molar-refractivity contribution >= 4 is 11.9 Å². The maximum atomic E-state index is 9.97. The fourth-order valence-corrected chi connectivity index (χ4v) is 0.123. The summed E-state index contributed by atoms with van der Waals surface area (Å²) < 4.78 is 0. The number of urea groups is 1. The molecule has 0 bridgehead atoms. The zero-order valence-electron chi connectivity index (χ0n) is 4.13. The van der Waals surface area contributed by atoms with Crippen molar-refractivity contribution in [3.63, 3.8) is 0 Å². The number of primary amides is 1. The summed E-state index contributed by atoms with van der Waals surface area (Å²) in [5, 5.41) is 0.222. The molecule has 0 aliphatic carbocycles. The maximum absolute atomic E-state index is 9.97. The minimum absolute atomic E-state index is 0.222. The Morgan fingerprint density at radius 3 is 1.88 bits per heavy atom. The molecule has 0 aliphatic rings. The van der Waals surface area contributed by atoms with Gasteiger partial charge in [-0.1, -0.05) is 0 Å². The van der Waals surface area contributed by atoms with Crippen LogP contribution < -0.4 is 11.6 Å². The summed E-state index contributed by atoms with van der Waals surface area (Å²) in [5.74, 6) is 3.88. The Morgan fingerprint density at radius 2 is 1.88 bits per heavy atom. The van der Waals surface area contributed by atoms with Gasteiger partial charge < -0.3 is 5.73 Å². The van der Waals surface area contributed by atoms with Crippen molar-refractivity contribution in [2.24, 2.45) is 11.6 Å². The average molecular weight is 116 g/mol. The van der Waals surface area contributed by atoms with Gasteiger partial charge in [0.05, 0.1) is 0 Å². The Labute approximate surface area is 46.2 Å². The lowest BCUT2D eigenvalue weighted by atomic mass is 10.7. The van der Waals surface area contributed by atoms with Crippen LogP contribution in [0.1, 0.15) is 0 Å². The van der Waals surface area contributed by atoms with Crippen molar-refractivity contribution in [2.75, 3.05) is 0 Å². The molecule has 0 fully saturated rings. The van der Waals surface area contributed by atoms with E-state index < -0.39 is 11.9 Å². The van der Waals surface area contributed by atoms with Gasteiger partial charge in [0.15, 0.2) is 0 Å². The molecule has 0 aromatic heterocycles. The number of hydrogen-bond acceptors (Lipinski definition) is 3. The van der Waals surface area contributed by atoms with Gasteiger partial charge in [-0.05, 0) is 0 Å². The van der Waals surface area contributed by atoms with Gasteiger partial charge in [-0.15, -0.1) is 0 Å². The highest BCUT2D eigenvalue weighted by atomic mass is 16.2. The van der Waals surface area contributed by atoms with Crippen molar-refractivity contribution < 1.29 is 9.59 Å². The SMILES string of the molecule is [CH2]C(=O)N(N)C(N)=O. The van der Waals surface area contributed by atoms with Crippen molar-refractivity contribution in [2.45, 2.75) is 0 Å². The van der Waals surface area contributed by atoms with Gasteiger partial charge >= 0.3 is 6.03 Å². The van der Waals surface area contributed by atoms with E-state index in [1.165, 1.54) is 0 Å². The number of imide groups is 1. The lowest BCUT2D eigenvalue weighted by Crippen LogP contribution is -2.44. The van der Waals surface area contributed by atoms with E-state index in [9.17, 15) is 9.59 Å². The molecule has 5 heteroatoms. The number of hydrogen-bond donors (Lipinski definition) is 2. The highest BCUT2D eigenvalue weighted by Gasteiger charge is 2.06. The molecular weight excluding hydrogens is 110 g/mol. The fraction of sp³-hybridized carbons (Fsp3) is 0. The molecule has 0 spiro atoms. The van der Waals surface area contributed by atoms with Crippen molar-refractivity contribution in [3.05, 3.63) is 6.92 Å². The van der Waals surface area contributed by atoms with E-state index in [1.54, 1.807) is 0 Å². The summed E-state index contributed by atoms with van der Waals surface area (Å²) in [5.41, 5.74) is 4.54. The normalized spacial score (nSPS) is 8.25. The molecule has 1 radical (unpaired) electrons. The van der Waals surface area contributed by atoms with Crippen LogP contribution in [0.4, 0.5) is 4.79 Å². The minimum atomic E-state index is -1.01. The third kappa shape index (κ3) is 1.57. The van der Waals surface area contributed by atoms with Crippen molar-refractivity contribution in [1.82, 2.24) is 5.01 Å². The second-order valence-corrected chi connectivity index (χ2v) is 1.10. The van der Waals surface area contributed by atoms with Gasteiger partial charge in [-0.25, -0.2) is 10.6 Å². The zero-order valence-corrected chi connectivity index (χ0v) is 4.13. The quantitative estimate of drug-likeness (QED) is 0.232. The molecule has 3 amide bonds. The van der Waals surface area contributed by atoms with E-state index >= 15 is 0 Å². The van der Waals surface area contributed by atoms with Crippen LogP contribution in [0.3, 0.4) is 0 Å². The van der Waals surface area contributed by atoms with Crippen molar-refractivity contribution in [3.8, 4) is 0 Å². The number of rotatable bonds is 0. The van der Waals surface area contributed by atoms with Crippen LogP contribution in [0, 0.1) is 6.92 Å². The van der Waals surface area contributed by atoms with E-state index in [2.05, 4.69) is 12.7 Å². The van der Waals surface area contributed by atoms with Gasteiger partial charge in [0.1, 0.15) is 0 Å². The highest BCUT2D eigenvalue weighted by molar-refractivity contribution is 5.94. The average Bonchev–Trinajstić information content (AvgIpc) is 1.64. The minimum Gasteiger partial charge on any atom is -0.350 e. The Bertz CT molecular complexity index is 108. The first kappa shape index (κ1) is 6.90. The van der Waals surface area contributed by atoms with E-state index in [4.69, 9.17) is 5.84 Å². The molecule has 4 N–H and O–H groups in total. The lowest BCUT2D eigenvalue weighted by molar-refractivity contribution is -0.123. The van der Waals surface area contributed by atoms with Gasteiger partial charge in [-0.3, -0.25) is 4.79 Å². The summed E-state index contributed by atoms with van der Waals surface area (Å²) in [6, 6.07) is -1.01. The number of carbonyl (C=O) groups excluding carboxylic acids is 2. The molecule has 0 rings (SSSR count). The summed E-state index contributed by atoms with van der Waals surface area (Å²) in [6.07, 6.45) is 0. The molecule has 0 atom stereocenters. The van der Waals surface area contributed by atoms with E-state index in [1.807, 2.05) is 0 Å². The van der Waals surface area contributed by atoms with E-state index in [-0.39, 0.29) is 5.01 Å². The molecule has 0 saturated heterocycles. The summed E-state index contributed by atoms with van der Waals surface area (Å²) in [4.78, 5) is 19.9. The molecule has 0 aliphatic heterocycles. The van der Waals surface area contributed by atoms with Gasteiger partial charge in [0.25, 0.3) is 0 Å². The van der Waals surface area contributed by atoms with Crippen LogP contribution in [-0.4, -0.2) is 16.9 Å². The smallest absolute Gasteiger partial charge is 0.336 e. The fourth-order valence-electron chi connectivity index (χ4n) is 0.123. The molecule has 0 saturated carbocycles. The predicted octanol–water partition coefficient (Wildman–Crippen LogP) is -1.40. The molecule has 45 valence electrons. The third-order valence-corrected chi connectivity index (χ3v) is 0.506. The largest absolute Gasteiger partial charge is 0.350 e. The first-order valence-electron chi connectivity index (χ1n) is 1.76. The molecule has 0 heterocycles. The molecule has 5 nitrogen and oxygen atoms in total. The standard InChI is InChI=1S/C3H6N3O2/c1-2(7)6(5)3(4)8/h1,5H2,(H2,4,8). The molecular formula is C3H6N3O2. The van der Waals surface area contributed by atoms with Crippen LogP contribution in [0.2, 0.25) is 0 Å². The Hall–Kier alpha value is -1.10. The summed E-state index contributed by atoms with van der Waals surface area (Å²) >= 11 is 0. The predicted molar refractivity (Wildman–Crippen MR) is 26.0 cm³/mol. The number of amides is 3. The van der Waals surface area contributed by atoms with Crippen LogP contribution in [0.5, 0.6) is 0 Å². The van der Waals surface area contributed by atoms with Gasteiger partial charge in [0, 0.05) is 6.92 Å². The van der Waals surface area contributed by atoms with Crippen LogP contribution in [0.25, 0.3) is 0 Å². The van der Waals surface area contributed by atoms with Crippen LogP contribution >= 0.6 is 0 Å². The third-order valence-electron chi connectivity index (χ3n) is 0.506. The van der Waals surface area contributed by atoms with Crippen molar-refractivity contribution in [1.29, 1.82) is 0 Å². The van der Waals surface area contributed by atoms with Gasteiger partial charge in [-0.2, -0.15) is 5.01 Å². The highest BCUT2D eigenvalue weighted by Crippen LogP contribution is 1.73.